The van der Waals surface area contributed by atoms with Gasteiger partial charge in [0.15, 0.2) is 5.11 Å². The lowest BCUT2D eigenvalue weighted by molar-refractivity contribution is -0.274. The lowest BCUT2D eigenvalue weighted by Gasteiger charge is -2.13. The molecule has 0 atom stereocenters. The fraction of sp³-hybridized carbons (Fsp3) is 0.235. The highest BCUT2D eigenvalue weighted by molar-refractivity contribution is 7.80. The van der Waals surface area contributed by atoms with Gasteiger partial charge in [-0.05, 0) is 79.0 Å². The summed E-state index contributed by atoms with van der Waals surface area (Å²) >= 11 is 5.23. The molecule has 2 aromatic carbocycles. The van der Waals surface area contributed by atoms with Crippen LogP contribution in [0, 0.1) is 0 Å². The summed E-state index contributed by atoms with van der Waals surface area (Å²) in [7, 11) is 0. The third-order valence-electron chi connectivity index (χ3n) is 3.70. The molecule has 2 aromatic rings. The van der Waals surface area contributed by atoms with Crippen LogP contribution in [-0.4, -0.2) is 11.5 Å². The van der Waals surface area contributed by atoms with Crippen LogP contribution in [0.1, 0.15) is 17.5 Å². The van der Waals surface area contributed by atoms with E-state index in [0.29, 0.717) is 10.8 Å². The fourth-order valence-corrected chi connectivity index (χ4v) is 2.92. The average Bonchev–Trinajstić information content (AvgIpc) is 2.95. The smallest absolute Gasteiger partial charge is 0.406 e. The first-order chi connectivity index (χ1) is 11.4. The molecule has 2 N–H and O–H groups in total. The zero-order chi connectivity index (χ0) is 17.2. The van der Waals surface area contributed by atoms with E-state index in [9.17, 15) is 13.2 Å². The van der Waals surface area contributed by atoms with Crippen molar-refractivity contribution < 1.29 is 17.9 Å². The molecule has 7 heteroatoms. The predicted molar refractivity (Wildman–Crippen MR) is 91.4 cm³/mol. The maximum atomic E-state index is 12.1. The molecular formula is C17H15F3N2OS. The molecule has 1 aliphatic rings. The number of halogens is 3. The van der Waals surface area contributed by atoms with Gasteiger partial charge in [0.2, 0.25) is 0 Å². The number of thiocarbonyl (C=S) groups is 1. The van der Waals surface area contributed by atoms with E-state index in [4.69, 9.17) is 12.2 Å². The van der Waals surface area contributed by atoms with E-state index in [2.05, 4.69) is 27.5 Å². The zero-order valence-electron chi connectivity index (χ0n) is 12.6. The number of aryl methyl sites for hydroxylation is 2. The van der Waals surface area contributed by atoms with Gasteiger partial charge in [0.1, 0.15) is 5.75 Å². The first kappa shape index (κ1) is 16.6. The Hall–Kier alpha value is -2.28. The molecule has 0 aliphatic heterocycles. The van der Waals surface area contributed by atoms with Crippen molar-refractivity contribution in [1.82, 2.24) is 0 Å². The number of ether oxygens (including phenoxy) is 1. The first-order valence-corrected chi connectivity index (χ1v) is 7.85. The van der Waals surface area contributed by atoms with E-state index in [1.807, 2.05) is 6.07 Å². The van der Waals surface area contributed by atoms with Crippen LogP contribution >= 0.6 is 12.2 Å². The fourth-order valence-electron chi connectivity index (χ4n) is 2.68. The van der Waals surface area contributed by atoms with E-state index in [1.165, 1.54) is 41.8 Å². The van der Waals surface area contributed by atoms with Gasteiger partial charge in [0, 0.05) is 11.4 Å². The van der Waals surface area contributed by atoms with Crippen molar-refractivity contribution in [3.05, 3.63) is 53.6 Å². The number of fused-ring (bicyclic) bond motifs is 1. The molecule has 0 radical (unpaired) electrons. The number of anilines is 2. The Labute approximate surface area is 142 Å². The van der Waals surface area contributed by atoms with Crippen LogP contribution in [0.5, 0.6) is 5.75 Å². The summed E-state index contributed by atoms with van der Waals surface area (Å²) in [4.78, 5) is 0. The summed E-state index contributed by atoms with van der Waals surface area (Å²) in [6.07, 6.45) is -1.33. The Balaban J connectivity index is 1.58. The van der Waals surface area contributed by atoms with Crippen molar-refractivity contribution in [2.24, 2.45) is 0 Å². The maximum absolute atomic E-state index is 12.1. The van der Waals surface area contributed by atoms with E-state index in [0.717, 1.165) is 18.5 Å². The molecule has 3 rings (SSSR count). The highest BCUT2D eigenvalue weighted by Crippen LogP contribution is 2.26. The monoisotopic (exact) mass is 352 g/mol. The molecule has 0 saturated heterocycles. The van der Waals surface area contributed by atoms with Crippen molar-refractivity contribution in [2.75, 3.05) is 10.6 Å². The minimum Gasteiger partial charge on any atom is -0.406 e. The Morgan fingerprint density at radius 1 is 0.917 bits per heavy atom. The second-order valence-corrected chi connectivity index (χ2v) is 5.90. The number of nitrogens with one attached hydrogen (secondary N) is 2. The molecule has 0 amide bonds. The summed E-state index contributed by atoms with van der Waals surface area (Å²) in [5.74, 6) is -0.273. The minimum atomic E-state index is -4.70. The van der Waals surface area contributed by atoms with E-state index < -0.39 is 6.36 Å². The van der Waals surface area contributed by atoms with Crippen molar-refractivity contribution in [3.8, 4) is 5.75 Å². The molecular weight excluding hydrogens is 337 g/mol. The summed E-state index contributed by atoms with van der Waals surface area (Å²) in [6.45, 7) is 0. The highest BCUT2D eigenvalue weighted by atomic mass is 32.1. The predicted octanol–water partition coefficient (Wildman–Crippen LogP) is 4.88. The van der Waals surface area contributed by atoms with E-state index in [-0.39, 0.29) is 5.75 Å². The lowest BCUT2D eigenvalue weighted by Crippen LogP contribution is -2.19. The summed E-state index contributed by atoms with van der Waals surface area (Å²) in [5, 5.41) is 6.39. The van der Waals surface area contributed by atoms with Gasteiger partial charge in [-0.1, -0.05) is 6.07 Å². The van der Waals surface area contributed by atoms with Crippen LogP contribution in [0.2, 0.25) is 0 Å². The third kappa shape index (κ3) is 4.38. The first-order valence-electron chi connectivity index (χ1n) is 7.45. The van der Waals surface area contributed by atoms with Crippen molar-refractivity contribution in [1.29, 1.82) is 0 Å². The van der Waals surface area contributed by atoms with Crippen LogP contribution < -0.4 is 15.4 Å². The van der Waals surface area contributed by atoms with Crippen molar-refractivity contribution in [2.45, 2.75) is 25.6 Å². The van der Waals surface area contributed by atoms with E-state index >= 15 is 0 Å². The van der Waals surface area contributed by atoms with Gasteiger partial charge in [-0.15, -0.1) is 13.2 Å². The average molecular weight is 352 g/mol. The van der Waals surface area contributed by atoms with Crippen molar-refractivity contribution in [3.63, 3.8) is 0 Å². The standard InChI is InChI=1S/C17H15F3N2OS/c18-17(19,20)23-15-8-6-13(7-9-15)21-16(24)22-14-5-4-11-2-1-3-12(11)10-14/h4-10H,1-3H2,(H2,21,22,24). The highest BCUT2D eigenvalue weighted by Gasteiger charge is 2.30. The Morgan fingerprint density at radius 3 is 2.25 bits per heavy atom. The van der Waals surface area contributed by atoms with E-state index in [1.54, 1.807) is 0 Å². The molecule has 0 spiro atoms. The van der Waals surface area contributed by atoms with Gasteiger partial charge in [0.05, 0.1) is 0 Å². The Bertz CT molecular complexity index is 744. The molecule has 0 aromatic heterocycles. The molecule has 0 unspecified atom stereocenters. The number of hydrogen-bond donors (Lipinski definition) is 2. The third-order valence-corrected chi connectivity index (χ3v) is 3.91. The summed E-state index contributed by atoms with van der Waals surface area (Å²) in [6, 6.07) is 11.5. The topological polar surface area (TPSA) is 33.3 Å². The lowest BCUT2D eigenvalue weighted by atomic mass is 10.1. The normalized spacial score (nSPS) is 13.3. The molecule has 0 bridgehead atoms. The number of hydrogen-bond acceptors (Lipinski definition) is 2. The van der Waals surface area contributed by atoms with Crippen LogP contribution in [0.15, 0.2) is 42.5 Å². The molecule has 3 nitrogen and oxygen atoms in total. The van der Waals surface area contributed by atoms with Gasteiger partial charge < -0.3 is 15.4 Å². The number of benzene rings is 2. The molecule has 24 heavy (non-hydrogen) atoms. The number of alkyl halides is 3. The van der Waals surface area contributed by atoms with Crippen LogP contribution in [0.4, 0.5) is 24.5 Å². The molecule has 126 valence electrons. The van der Waals surface area contributed by atoms with Gasteiger partial charge >= 0.3 is 6.36 Å². The number of rotatable bonds is 3. The van der Waals surface area contributed by atoms with Crippen LogP contribution in [-0.2, 0) is 12.8 Å². The summed E-state index contributed by atoms with van der Waals surface area (Å²) < 4.78 is 40.2. The van der Waals surface area contributed by atoms with Gasteiger partial charge in [0.25, 0.3) is 0 Å². The quantitative estimate of drug-likeness (QED) is 0.771. The van der Waals surface area contributed by atoms with Gasteiger partial charge in [-0.25, -0.2) is 0 Å². The zero-order valence-corrected chi connectivity index (χ0v) is 13.4. The van der Waals surface area contributed by atoms with Crippen molar-refractivity contribution >= 4 is 28.7 Å². The molecule has 0 heterocycles. The molecule has 1 aliphatic carbocycles. The summed E-state index contributed by atoms with van der Waals surface area (Å²) in [5.41, 5.74) is 4.17. The molecule has 0 fully saturated rings. The Morgan fingerprint density at radius 2 is 1.54 bits per heavy atom. The second-order valence-electron chi connectivity index (χ2n) is 5.49. The van der Waals surface area contributed by atoms with Crippen LogP contribution in [0.25, 0.3) is 0 Å². The molecule has 0 saturated carbocycles. The maximum Gasteiger partial charge on any atom is 0.573 e. The van der Waals surface area contributed by atoms with Gasteiger partial charge in [-0.2, -0.15) is 0 Å². The second kappa shape index (κ2) is 6.68. The Kier molecular flexibility index (Phi) is 4.62. The SMILES string of the molecule is FC(F)(F)Oc1ccc(NC(=S)Nc2ccc3c(c2)CCC3)cc1. The van der Waals surface area contributed by atoms with Crippen LogP contribution in [0.3, 0.4) is 0 Å². The minimum absolute atomic E-state index is 0.273. The van der Waals surface area contributed by atoms with Gasteiger partial charge in [-0.3, -0.25) is 0 Å². The largest absolute Gasteiger partial charge is 0.573 e.